The van der Waals surface area contributed by atoms with Gasteiger partial charge < -0.3 is 9.15 Å². The van der Waals surface area contributed by atoms with Crippen molar-refractivity contribution in [2.24, 2.45) is 10.2 Å². The number of nitrogens with zero attached hydrogens (tertiary/aromatic N) is 3. The summed E-state index contributed by atoms with van der Waals surface area (Å²) in [5.74, 6) is 1.25. The van der Waals surface area contributed by atoms with Crippen LogP contribution in [0.15, 0.2) is 117 Å². The van der Waals surface area contributed by atoms with E-state index in [4.69, 9.17) is 9.15 Å². The van der Waals surface area contributed by atoms with Crippen LogP contribution in [0.3, 0.4) is 0 Å². The average molecular weight is 550 g/mol. The van der Waals surface area contributed by atoms with Crippen LogP contribution in [-0.4, -0.2) is 22.2 Å². The third kappa shape index (κ3) is 6.98. The minimum Gasteiger partial charge on any atom is -0.489 e. The van der Waals surface area contributed by atoms with Crippen molar-refractivity contribution in [3.05, 3.63) is 130 Å². The van der Waals surface area contributed by atoms with E-state index in [2.05, 4.69) is 43.1 Å². The fourth-order valence-electron chi connectivity index (χ4n) is 4.08. The Kier molecular flexibility index (Phi) is 8.31. The lowest BCUT2D eigenvalue weighted by atomic mass is 9.87. The van der Waals surface area contributed by atoms with E-state index < -0.39 is 0 Å². The molecule has 1 fully saturated rings. The van der Waals surface area contributed by atoms with E-state index >= 15 is 0 Å². The Morgan fingerprint density at radius 1 is 0.925 bits per heavy atom. The van der Waals surface area contributed by atoms with Gasteiger partial charge in [0.15, 0.2) is 5.17 Å². The van der Waals surface area contributed by atoms with Crippen molar-refractivity contribution in [2.75, 3.05) is 0 Å². The number of carbonyl (C=O) groups is 1. The summed E-state index contributed by atoms with van der Waals surface area (Å²) in [6.07, 6.45) is 5.15. The number of carbonyl (C=O) groups excluding carboxylic acids is 1. The van der Waals surface area contributed by atoms with Gasteiger partial charge in [0.25, 0.3) is 5.91 Å². The number of furan rings is 1. The van der Waals surface area contributed by atoms with E-state index in [9.17, 15) is 4.79 Å². The van der Waals surface area contributed by atoms with Crippen LogP contribution < -0.4 is 4.74 Å². The summed E-state index contributed by atoms with van der Waals surface area (Å²) in [6, 6.07) is 29.6. The second kappa shape index (κ2) is 12.2. The number of hydrogen-bond acceptors (Lipinski definition) is 6. The Morgan fingerprint density at radius 2 is 1.73 bits per heavy atom. The van der Waals surface area contributed by atoms with Gasteiger partial charge in [-0.3, -0.25) is 9.69 Å². The Balaban J connectivity index is 1.35. The second-order valence-electron chi connectivity index (χ2n) is 10.4. The summed E-state index contributed by atoms with van der Waals surface area (Å²) >= 11 is 1.29. The van der Waals surface area contributed by atoms with Crippen LogP contribution in [0.25, 0.3) is 6.08 Å². The van der Waals surface area contributed by atoms with Crippen LogP contribution in [0, 0.1) is 0 Å². The first-order chi connectivity index (χ1) is 19.3. The van der Waals surface area contributed by atoms with Gasteiger partial charge in [-0.25, -0.2) is 0 Å². The molecular weight excluding hydrogens is 518 g/mol. The van der Waals surface area contributed by atoms with Crippen LogP contribution in [0.5, 0.6) is 5.75 Å². The van der Waals surface area contributed by atoms with Gasteiger partial charge in [0.05, 0.1) is 23.9 Å². The summed E-state index contributed by atoms with van der Waals surface area (Å²) in [4.78, 5) is 15.6. The van der Waals surface area contributed by atoms with Gasteiger partial charge >= 0.3 is 0 Å². The monoisotopic (exact) mass is 549 g/mol. The summed E-state index contributed by atoms with van der Waals surface area (Å²) in [7, 11) is 0. The normalized spacial score (nSPS) is 16.0. The number of thioether (sulfide) groups is 1. The highest BCUT2D eigenvalue weighted by Gasteiger charge is 2.34. The first kappa shape index (κ1) is 27.2. The SMILES string of the molecule is CC(C)(C)c1ccc(/C=N/N=C2\S/C(=C\c3cccc(OCc4ccccc4)c3)C(=O)N2Cc2ccco2)cc1. The molecule has 3 aromatic carbocycles. The first-order valence-electron chi connectivity index (χ1n) is 13.1. The molecule has 7 heteroatoms. The number of benzene rings is 3. The molecule has 1 aliphatic heterocycles. The number of hydrogen-bond donors (Lipinski definition) is 0. The molecule has 0 radical (unpaired) electrons. The molecule has 202 valence electrons. The molecule has 0 N–H and O–H groups in total. The fraction of sp³-hybridized carbons (Fsp3) is 0.182. The van der Waals surface area contributed by atoms with Crippen molar-refractivity contribution in [1.82, 2.24) is 4.90 Å². The summed E-state index contributed by atoms with van der Waals surface area (Å²) < 4.78 is 11.5. The van der Waals surface area contributed by atoms with Crippen molar-refractivity contribution in [1.29, 1.82) is 0 Å². The largest absolute Gasteiger partial charge is 0.489 e. The maximum Gasteiger partial charge on any atom is 0.267 e. The summed E-state index contributed by atoms with van der Waals surface area (Å²) in [6.45, 7) is 7.29. The lowest BCUT2D eigenvalue weighted by Crippen LogP contribution is -2.28. The quantitative estimate of drug-likeness (QED) is 0.129. The number of ether oxygens (including phenoxy) is 1. The molecule has 5 rings (SSSR count). The van der Waals surface area contributed by atoms with Gasteiger partial charge in [-0.2, -0.15) is 5.10 Å². The van der Waals surface area contributed by atoms with Gasteiger partial charge in [0, 0.05) is 0 Å². The maximum atomic E-state index is 13.4. The minimum absolute atomic E-state index is 0.0827. The zero-order valence-electron chi connectivity index (χ0n) is 22.8. The van der Waals surface area contributed by atoms with Gasteiger partial charge in [-0.1, -0.05) is 87.5 Å². The molecule has 1 aliphatic rings. The van der Waals surface area contributed by atoms with Crippen molar-refractivity contribution in [3.8, 4) is 5.75 Å². The van der Waals surface area contributed by atoms with Crippen molar-refractivity contribution in [3.63, 3.8) is 0 Å². The summed E-state index contributed by atoms with van der Waals surface area (Å²) in [5.41, 5.74) is 4.23. The molecule has 2 heterocycles. The lowest BCUT2D eigenvalue weighted by Gasteiger charge is -2.18. The number of amidine groups is 1. The molecule has 1 saturated heterocycles. The number of amides is 1. The standard InChI is InChI=1S/C33H31N3O3S/c1-33(2,3)27-16-14-24(15-17-27)21-34-35-32-36(22-29-13-8-18-38-29)31(37)30(40-32)20-26-11-7-12-28(19-26)39-23-25-9-5-4-6-10-25/h4-21H,22-23H2,1-3H3/b30-20-,34-21+,35-32-. The fourth-order valence-corrected chi connectivity index (χ4v) is 5.02. The molecule has 40 heavy (non-hydrogen) atoms. The highest BCUT2D eigenvalue weighted by molar-refractivity contribution is 8.18. The minimum atomic E-state index is -0.152. The molecule has 6 nitrogen and oxygen atoms in total. The average Bonchev–Trinajstić information content (AvgIpc) is 3.57. The van der Waals surface area contributed by atoms with Crippen molar-refractivity contribution >= 4 is 35.1 Å². The number of rotatable bonds is 8. The molecule has 1 amide bonds. The van der Waals surface area contributed by atoms with E-state index in [0.29, 0.717) is 22.4 Å². The Hall–Kier alpha value is -4.36. The van der Waals surface area contributed by atoms with Gasteiger partial charge in [0.2, 0.25) is 0 Å². The Labute approximate surface area is 239 Å². The first-order valence-corrected chi connectivity index (χ1v) is 13.9. The smallest absolute Gasteiger partial charge is 0.267 e. The van der Waals surface area contributed by atoms with Gasteiger partial charge in [0.1, 0.15) is 18.1 Å². The molecule has 0 aliphatic carbocycles. The topological polar surface area (TPSA) is 67.4 Å². The van der Waals surface area contributed by atoms with Crippen molar-refractivity contribution < 1.29 is 13.9 Å². The zero-order chi connectivity index (χ0) is 28.0. The third-order valence-corrected chi connectivity index (χ3v) is 7.31. The van der Waals surface area contributed by atoms with E-state index in [1.54, 1.807) is 23.4 Å². The van der Waals surface area contributed by atoms with Gasteiger partial charge in [-0.05, 0) is 69.8 Å². The molecule has 0 unspecified atom stereocenters. The molecule has 0 saturated carbocycles. The van der Waals surface area contributed by atoms with Crippen LogP contribution >= 0.6 is 11.8 Å². The van der Waals surface area contributed by atoms with E-state index in [0.717, 1.165) is 22.4 Å². The zero-order valence-corrected chi connectivity index (χ0v) is 23.6. The molecule has 1 aromatic heterocycles. The molecule has 0 bridgehead atoms. The lowest BCUT2D eigenvalue weighted by molar-refractivity contribution is -0.122. The Bertz CT molecular complexity index is 1530. The highest BCUT2D eigenvalue weighted by Crippen LogP contribution is 2.34. The molecule has 4 aromatic rings. The highest BCUT2D eigenvalue weighted by atomic mass is 32.2. The van der Waals surface area contributed by atoms with Crippen molar-refractivity contribution in [2.45, 2.75) is 39.3 Å². The van der Waals surface area contributed by atoms with E-state index in [1.165, 1.54) is 17.3 Å². The maximum absolute atomic E-state index is 13.4. The Morgan fingerprint density at radius 3 is 2.45 bits per heavy atom. The predicted molar refractivity (Wildman–Crippen MR) is 162 cm³/mol. The van der Waals surface area contributed by atoms with Crippen LogP contribution in [0.2, 0.25) is 0 Å². The van der Waals surface area contributed by atoms with E-state index in [1.807, 2.05) is 78.9 Å². The predicted octanol–water partition coefficient (Wildman–Crippen LogP) is 7.66. The van der Waals surface area contributed by atoms with Crippen LogP contribution in [-0.2, 0) is 23.4 Å². The summed E-state index contributed by atoms with van der Waals surface area (Å²) in [5, 5.41) is 9.22. The second-order valence-corrected chi connectivity index (χ2v) is 11.4. The van der Waals surface area contributed by atoms with Crippen LogP contribution in [0.4, 0.5) is 0 Å². The van der Waals surface area contributed by atoms with E-state index in [-0.39, 0.29) is 17.9 Å². The van der Waals surface area contributed by atoms with Crippen LogP contribution in [0.1, 0.15) is 48.8 Å². The molecule has 0 atom stereocenters. The third-order valence-electron chi connectivity index (χ3n) is 6.31. The van der Waals surface area contributed by atoms with Gasteiger partial charge in [-0.15, -0.1) is 5.10 Å². The molecular formula is C33H31N3O3S. The molecule has 0 spiro atoms.